The van der Waals surface area contributed by atoms with Gasteiger partial charge in [-0.15, -0.1) is 0 Å². The Morgan fingerprint density at radius 2 is 1.53 bits per heavy atom. The number of nitrogens with zero attached hydrogens (tertiary/aromatic N) is 4. The van der Waals surface area contributed by atoms with Crippen molar-refractivity contribution in [3.63, 3.8) is 0 Å². The maximum absolute atomic E-state index is 12.7. The van der Waals surface area contributed by atoms with Gasteiger partial charge in [-0.25, -0.2) is 9.59 Å². The topological polar surface area (TPSA) is 88.2 Å². The van der Waals surface area contributed by atoms with Gasteiger partial charge in [-0.3, -0.25) is 4.79 Å². The van der Waals surface area contributed by atoms with E-state index in [1.807, 2.05) is 34.1 Å². The second kappa shape index (κ2) is 10.2. The molecule has 4 aliphatic rings. The molecule has 1 aromatic rings. The summed E-state index contributed by atoms with van der Waals surface area (Å²) < 4.78 is 0. The standard InChI is InChI=1S/C25H36N6O3/c32-23(29-13-7-20(8-14-29)28-11-3-4-12-28)17-26-24(33)30-15-9-21(10-16-30)31-18-19-5-1-2-6-22(19)27-25(31)34/h1-2,5-6,20-21H,3-4,7-18H2,(H,26,33)(H,27,34). The lowest BCUT2D eigenvalue weighted by molar-refractivity contribution is -0.131. The molecule has 0 aliphatic carbocycles. The van der Waals surface area contributed by atoms with Crippen molar-refractivity contribution in [2.45, 2.75) is 57.2 Å². The van der Waals surface area contributed by atoms with E-state index in [0.717, 1.165) is 50.0 Å². The Morgan fingerprint density at radius 1 is 0.882 bits per heavy atom. The average molecular weight is 469 g/mol. The number of benzene rings is 1. The summed E-state index contributed by atoms with van der Waals surface area (Å²) in [6, 6.07) is 8.33. The molecule has 0 radical (unpaired) electrons. The second-order valence-electron chi connectivity index (χ2n) is 9.95. The molecule has 3 saturated heterocycles. The van der Waals surface area contributed by atoms with Gasteiger partial charge in [-0.05, 0) is 63.2 Å². The summed E-state index contributed by atoms with van der Waals surface area (Å²) in [5, 5.41) is 5.80. The quantitative estimate of drug-likeness (QED) is 0.710. The smallest absolute Gasteiger partial charge is 0.322 e. The van der Waals surface area contributed by atoms with Gasteiger partial charge in [0.2, 0.25) is 5.91 Å². The summed E-state index contributed by atoms with van der Waals surface area (Å²) in [6.07, 6.45) is 6.12. The Balaban J connectivity index is 1.04. The van der Waals surface area contributed by atoms with Crippen LogP contribution in [0.2, 0.25) is 0 Å². The largest absolute Gasteiger partial charge is 0.341 e. The number of carbonyl (C=O) groups is 3. The third-order valence-electron chi connectivity index (χ3n) is 7.92. The molecule has 184 valence electrons. The molecule has 4 heterocycles. The van der Waals surface area contributed by atoms with Gasteiger partial charge in [0, 0.05) is 50.5 Å². The van der Waals surface area contributed by atoms with Crippen molar-refractivity contribution < 1.29 is 14.4 Å². The molecule has 9 heteroatoms. The van der Waals surface area contributed by atoms with E-state index in [-0.39, 0.29) is 30.6 Å². The minimum Gasteiger partial charge on any atom is -0.341 e. The van der Waals surface area contributed by atoms with E-state index in [2.05, 4.69) is 15.5 Å². The third-order valence-corrected chi connectivity index (χ3v) is 7.92. The predicted octanol–water partition coefficient (Wildman–Crippen LogP) is 2.29. The number of nitrogens with one attached hydrogen (secondary N) is 2. The van der Waals surface area contributed by atoms with Crippen molar-refractivity contribution in [3.05, 3.63) is 29.8 Å². The molecular formula is C25H36N6O3. The summed E-state index contributed by atoms with van der Waals surface area (Å²) in [5.41, 5.74) is 2.00. The molecule has 3 fully saturated rings. The number of fused-ring (bicyclic) bond motifs is 1. The van der Waals surface area contributed by atoms with Crippen molar-refractivity contribution in [1.82, 2.24) is 24.9 Å². The van der Waals surface area contributed by atoms with Gasteiger partial charge in [0.05, 0.1) is 6.54 Å². The lowest BCUT2D eigenvalue weighted by Gasteiger charge is -2.40. The lowest BCUT2D eigenvalue weighted by Crippen LogP contribution is -2.54. The highest BCUT2D eigenvalue weighted by Crippen LogP contribution is 2.27. The summed E-state index contributed by atoms with van der Waals surface area (Å²) >= 11 is 0. The van der Waals surface area contributed by atoms with Gasteiger partial charge in [-0.2, -0.15) is 0 Å². The molecule has 0 bridgehead atoms. The number of amides is 5. The van der Waals surface area contributed by atoms with E-state index in [0.29, 0.717) is 25.7 Å². The van der Waals surface area contributed by atoms with Crippen molar-refractivity contribution >= 4 is 23.7 Å². The van der Waals surface area contributed by atoms with Crippen molar-refractivity contribution in [3.8, 4) is 0 Å². The first-order valence-electron chi connectivity index (χ1n) is 12.8. The first kappa shape index (κ1) is 23.0. The Kier molecular flexibility index (Phi) is 6.89. The number of likely N-dealkylation sites (tertiary alicyclic amines) is 3. The first-order valence-corrected chi connectivity index (χ1v) is 12.8. The molecule has 0 aromatic heterocycles. The molecule has 0 saturated carbocycles. The van der Waals surface area contributed by atoms with Gasteiger partial charge in [-0.1, -0.05) is 18.2 Å². The van der Waals surface area contributed by atoms with E-state index in [1.165, 1.54) is 25.9 Å². The minimum absolute atomic E-state index is 0.00626. The van der Waals surface area contributed by atoms with Crippen LogP contribution in [0.5, 0.6) is 0 Å². The monoisotopic (exact) mass is 468 g/mol. The fourth-order valence-corrected chi connectivity index (χ4v) is 5.86. The molecule has 0 unspecified atom stereocenters. The molecule has 1 aromatic carbocycles. The number of para-hydroxylation sites is 1. The molecule has 34 heavy (non-hydrogen) atoms. The maximum atomic E-state index is 12.7. The number of hydrogen-bond donors (Lipinski definition) is 2. The van der Waals surface area contributed by atoms with Crippen LogP contribution in [0.3, 0.4) is 0 Å². The van der Waals surface area contributed by atoms with Crippen molar-refractivity contribution in [2.75, 3.05) is 51.1 Å². The van der Waals surface area contributed by atoms with Crippen LogP contribution >= 0.6 is 0 Å². The fourth-order valence-electron chi connectivity index (χ4n) is 5.86. The van der Waals surface area contributed by atoms with E-state index in [1.54, 1.807) is 4.90 Å². The highest BCUT2D eigenvalue weighted by molar-refractivity contribution is 5.92. The van der Waals surface area contributed by atoms with E-state index in [9.17, 15) is 14.4 Å². The Labute approximate surface area is 201 Å². The average Bonchev–Trinajstić information content (AvgIpc) is 3.42. The normalized spacial score (nSPS) is 22.5. The van der Waals surface area contributed by atoms with Crippen LogP contribution in [-0.4, -0.2) is 95.5 Å². The van der Waals surface area contributed by atoms with E-state index in [4.69, 9.17) is 0 Å². The van der Waals surface area contributed by atoms with E-state index >= 15 is 0 Å². The first-order chi connectivity index (χ1) is 16.6. The molecule has 9 nitrogen and oxygen atoms in total. The Morgan fingerprint density at radius 3 is 2.26 bits per heavy atom. The van der Waals surface area contributed by atoms with Crippen LogP contribution in [0.25, 0.3) is 0 Å². The maximum Gasteiger partial charge on any atom is 0.322 e. The van der Waals surface area contributed by atoms with Crippen LogP contribution in [0.1, 0.15) is 44.1 Å². The number of hydrogen-bond acceptors (Lipinski definition) is 4. The number of anilines is 1. The summed E-state index contributed by atoms with van der Waals surface area (Å²) in [5.74, 6) is 0.00626. The van der Waals surface area contributed by atoms with Crippen molar-refractivity contribution in [1.29, 1.82) is 0 Å². The van der Waals surface area contributed by atoms with E-state index < -0.39 is 0 Å². The molecule has 5 rings (SSSR count). The van der Waals surface area contributed by atoms with Gasteiger partial charge >= 0.3 is 12.1 Å². The Bertz CT molecular complexity index is 902. The Hall–Kier alpha value is -2.81. The molecule has 5 amide bonds. The van der Waals surface area contributed by atoms with Crippen molar-refractivity contribution in [2.24, 2.45) is 0 Å². The summed E-state index contributed by atoms with van der Waals surface area (Å²) in [7, 11) is 0. The zero-order valence-corrected chi connectivity index (χ0v) is 19.9. The predicted molar refractivity (Wildman–Crippen MR) is 129 cm³/mol. The number of carbonyl (C=O) groups excluding carboxylic acids is 3. The van der Waals surface area contributed by atoms with Crippen LogP contribution in [0, 0.1) is 0 Å². The number of piperidine rings is 2. The van der Waals surface area contributed by atoms with Gasteiger partial charge < -0.3 is 30.2 Å². The van der Waals surface area contributed by atoms with Crippen LogP contribution < -0.4 is 10.6 Å². The highest BCUT2D eigenvalue weighted by Gasteiger charge is 2.33. The third kappa shape index (κ3) is 4.99. The van der Waals surface area contributed by atoms with Gasteiger partial charge in [0.1, 0.15) is 0 Å². The zero-order chi connectivity index (χ0) is 23.5. The lowest BCUT2D eigenvalue weighted by atomic mass is 10.0. The van der Waals surface area contributed by atoms with Crippen LogP contribution in [0.4, 0.5) is 15.3 Å². The van der Waals surface area contributed by atoms with Crippen LogP contribution in [0.15, 0.2) is 24.3 Å². The van der Waals surface area contributed by atoms with Crippen LogP contribution in [-0.2, 0) is 11.3 Å². The summed E-state index contributed by atoms with van der Waals surface area (Å²) in [6.45, 7) is 5.77. The molecule has 4 aliphatic heterocycles. The van der Waals surface area contributed by atoms with Gasteiger partial charge in [0.15, 0.2) is 0 Å². The number of rotatable bonds is 4. The molecule has 0 spiro atoms. The summed E-state index contributed by atoms with van der Waals surface area (Å²) in [4.78, 5) is 46.0. The molecular weight excluding hydrogens is 432 g/mol. The fraction of sp³-hybridized carbons (Fsp3) is 0.640. The second-order valence-corrected chi connectivity index (χ2v) is 9.95. The zero-order valence-electron chi connectivity index (χ0n) is 19.9. The molecule has 0 atom stereocenters. The van der Waals surface area contributed by atoms with Gasteiger partial charge in [0.25, 0.3) is 0 Å². The molecule has 2 N–H and O–H groups in total. The minimum atomic E-state index is -0.188. The number of urea groups is 2. The SMILES string of the molecule is O=C(CNC(=O)N1CCC(N2Cc3ccccc3NC2=O)CC1)N1CCC(N2CCCC2)CC1. The highest BCUT2D eigenvalue weighted by atomic mass is 16.2.